The maximum absolute atomic E-state index is 11.6. The van der Waals surface area contributed by atoms with Crippen molar-refractivity contribution in [2.75, 3.05) is 19.7 Å². The maximum atomic E-state index is 11.6. The van der Waals surface area contributed by atoms with Crippen LogP contribution >= 0.6 is 0 Å². The Kier molecular flexibility index (Phi) is 18.8. The summed E-state index contributed by atoms with van der Waals surface area (Å²) in [6.45, 7) is 1.56. The summed E-state index contributed by atoms with van der Waals surface area (Å²) in [7, 11) is 0. The van der Waals surface area contributed by atoms with Gasteiger partial charge in [-0.1, -0.05) is 0 Å². The number of rotatable bonds is 15. The van der Waals surface area contributed by atoms with E-state index in [2.05, 4.69) is 20.1 Å². The fourth-order valence-electron chi connectivity index (χ4n) is 2.20. The third-order valence-electron chi connectivity index (χ3n) is 4.41. The number of esters is 3. The number of hydrogen-bond donors (Lipinski definition) is 12. The minimum absolute atomic E-state index is 0.165. The van der Waals surface area contributed by atoms with Crippen molar-refractivity contribution in [2.45, 2.75) is 62.9 Å². The molecule has 0 amide bonds. The zero-order valence-electron chi connectivity index (χ0n) is 20.6. The highest BCUT2D eigenvalue weighted by Gasteiger charge is 2.26. The fourth-order valence-corrected chi connectivity index (χ4v) is 2.20. The normalized spacial score (nSPS) is 14.3. The predicted molar refractivity (Wildman–Crippen MR) is 132 cm³/mol. The smallest absolute Gasteiger partial charge is 0.330 e. The number of aliphatic carboxylic acids is 1. The molecule has 0 unspecified atom stereocenters. The van der Waals surface area contributed by atoms with Gasteiger partial charge in [-0.05, 0) is 32.6 Å². The van der Waals surface area contributed by atoms with Crippen LogP contribution in [0.25, 0.3) is 0 Å². The van der Waals surface area contributed by atoms with Crippen molar-refractivity contribution in [1.82, 2.24) is 10.6 Å². The number of hydrogen-bond acceptors (Lipinski definition) is 13. The lowest BCUT2D eigenvalue weighted by Gasteiger charge is -2.18. The van der Waals surface area contributed by atoms with E-state index in [4.69, 9.17) is 55.4 Å². The molecule has 18 heteroatoms. The molecule has 0 aliphatic carbocycles. The first-order valence-corrected chi connectivity index (χ1v) is 11.1. The third-order valence-corrected chi connectivity index (χ3v) is 4.41. The Morgan fingerprint density at radius 3 is 1.54 bits per heavy atom. The number of nitrogens with one attached hydrogen (secondary N) is 4. The van der Waals surface area contributed by atoms with Gasteiger partial charge in [-0.2, -0.15) is 0 Å². The highest BCUT2D eigenvalue weighted by atomic mass is 16.6. The second-order valence-corrected chi connectivity index (χ2v) is 7.71. The Bertz CT molecular complexity index is 731. The van der Waals surface area contributed by atoms with Crippen molar-refractivity contribution in [3.63, 3.8) is 0 Å². The summed E-state index contributed by atoms with van der Waals surface area (Å²) < 4.78 is 9.22. The Balaban J connectivity index is 0. The van der Waals surface area contributed by atoms with Gasteiger partial charge in [0.05, 0.1) is 6.61 Å². The number of carbonyl (C=O) groups is 4. The molecule has 0 aromatic heterocycles. The van der Waals surface area contributed by atoms with Gasteiger partial charge in [0.2, 0.25) is 0 Å². The molecule has 0 heterocycles. The molecule has 0 aromatic rings. The van der Waals surface area contributed by atoms with Gasteiger partial charge in [-0.3, -0.25) is 20.4 Å². The Morgan fingerprint density at radius 1 is 0.811 bits per heavy atom. The monoisotopic (exact) mass is 536 g/mol. The van der Waals surface area contributed by atoms with Gasteiger partial charge in [0, 0.05) is 13.1 Å². The van der Waals surface area contributed by atoms with E-state index in [1.807, 2.05) is 0 Å². The minimum atomic E-state index is -1.30. The van der Waals surface area contributed by atoms with Crippen LogP contribution in [0.4, 0.5) is 0 Å². The summed E-state index contributed by atoms with van der Waals surface area (Å²) in [5.41, 5.74) is 31.7. The van der Waals surface area contributed by atoms with Crippen molar-refractivity contribution in [3.8, 4) is 0 Å². The Hall–Kier alpha value is -3.58. The van der Waals surface area contributed by atoms with Gasteiger partial charge in [-0.15, -0.1) is 0 Å². The summed E-state index contributed by atoms with van der Waals surface area (Å²) in [4.78, 5) is 44.6. The van der Waals surface area contributed by atoms with Gasteiger partial charge >= 0.3 is 23.9 Å². The highest BCUT2D eigenvalue weighted by molar-refractivity contribution is 5.90. The summed E-state index contributed by atoms with van der Waals surface area (Å²) in [5, 5.41) is 36.0. The van der Waals surface area contributed by atoms with Crippen LogP contribution in [0.15, 0.2) is 0 Å². The number of carbonyl (C=O) groups excluding carboxylic acids is 3. The molecule has 0 saturated carbocycles. The molecule has 0 fully saturated rings. The molecule has 0 bridgehead atoms. The molecule has 0 saturated heterocycles. The Morgan fingerprint density at radius 2 is 1.22 bits per heavy atom. The van der Waals surface area contributed by atoms with Crippen LogP contribution in [0.5, 0.6) is 0 Å². The van der Waals surface area contributed by atoms with Crippen molar-refractivity contribution in [3.05, 3.63) is 0 Å². The van der Waals surface area contributed by atoms with Crippen LogP contribution in [0.1, 0.15) is 32.6 Å². The van der Waals surface area contributed by atoms with Crippen LogP contribution in [0, 0.1) is 10.8 Å². The van der Waals surface area contributed by atoms with E-state index < -0.39 is 60.8 Å². The number of carboxylic acid groups (broad SMARTS) is 1. The zero-order valence-corrected chi connectivity index (χ0v) is 20.6. The lowest BCUT2D eigenvalue weighted by atomic mass is 10.1. The largest absolute Gasteiger partial charge is 0.480 e. The molecule has 0 spiro atoms. The molecule has 214 valence electrons. The molecule has 37 heavy (non-hydrogen) atoms. The second kappa shape index (κ2) is 19.6. The van der Waals surface area contributed by atoms with Gasteiger partial charge in [-0.25, -0.2) is 9.59 Å². The molecular weight excluding hydrogens is 496 g/mol. The van der Waals surface area contributed by atoms with Crippen LogP contribution in [0.3, 0.4) is 0 Å². The van der Waals surface area contributed by atoms with Crippen molar-refractivity contribution < 1.29 is 38.9 Å². The van der Waals surface area contributed by atoms with Crippen LogP contribution < -0.4 is 45.0 Å². The standard InChI is InChI=1S/C12H26N8O3.C7H14N2O5/c13-7(3-1-5-19-11(15)16)9(21)23-10(22)8(14)4-2-6-20-12(17)18;1-3(5(9)6(11)12)14-7(13)4(8)2-10/h7-8H,1-6,13-14H2,(H4,15,16,19)(H4,17,18,20);3-5,10H,2,8-9H2,1H3,(H,11,12)/t7-,8-;3-,4+,5+/m01/s1. The quantitative estimate of drug-likeness (QED) is 0.0306. The lowest BCUT2D eigenvalue weighted by Crippen LogP contribution is -2.46. The average Bonchev–Trinajstić information content (AvgIpc) is 2.82. The van der Waals surface area contributed by atoms with E-state index in [0.717, 1.165) is 0 Å². The SMILES string of the molecule is C[C@@H](OC(=O)[C@@H](N)CO)[C@H](N)C(=O)O.N=C(N)NCCC[C@H](N)C(=O)OC(=O)[C@@H](N)CCCNC(=N)N. The van der Waals surface area contributed by atoms with E-state index in [-0.39, 0.29) is 24.8 Å². The van der Waals surface area contributed by atoms with Crippen LogP contribution in [-0.4, -0.2) is 96.0 Å². The highest BCUT2D eigenvalue weighted by Crippen LogP contribution is 2.01. The number of aliphatic hydroxyl groups excluding tert-OH is 1. The van der Waals surface area contributed by atoms with Crippen molar-refractivity contribution in [2.24, 2.45) is 34.4 Å². The summed E-state index contributed by atoms with van der Waals surface area (Å²) in [6.07, 6.45) is 0.561. The van der Waals surface area contributed by atoms with Gasteiger partial charge in [0.25, 0.3) is 0 Å². The number of nitrogens with two attached hydrogens (primary N) is 6. The Labute approximate surface area is 213 Å². The first-order chi connectivity index (χ1) is 17.1. The van der Waals surface area contributed by atoms with Gasteiger partial charge in [0.1, 0.15) is 30.3 Å². The molecule has 0 aromatic carbocycles. The molecule has 18 N–H and O–H groups in total. The fraction of sp³-hybridized carbons (Fsp3) is 0.684. The molecule has 0 aliphatic heterocycles. The van der Waals surface area contributed by atoms with Gasteiger partial charge in [0.15, 0.2) is 11.9 Å². The molecule has 0 aliphatic rings. The number of carboxylic acids is 1. The van der Waals surface area contributed by atoms with Gasteiger partial charge < -0.3 is 64.7 Å². The van der Waals surface area contributed by atoms with Crippen molar-refractivity contribution >= 4 is 35.8 Å². The zero-order chi connectivity index (χ0) is 29.1. The second-order valence-electron chi connectivity index (χ2n) is 7.71. The summed E-state index contributed by atoms with van der Waals surface area (Å²) in [6, 6.07) is -4.36. The number of ether oxygens (including phenoxy) is 2. The molecular formula is C19H40N10O8. The average molecular weight is 537 g/mol. The van der Waals surface area contributed by atoms with E-state index in [9.17, 15) is 19.2 Å². The van der Waals surface area contributed by atoms with E-state index in [1.165, 1.54) is 6.92 Å². The molecule has 5 atom stereocenters. The number of aliphatic hydroxyl groups is 1. The van der Waals surface area contributed by atoms with Crippen molar-refractivity contribution in [1.29, 1.82) is 10.8 Å². The van der Waals surface area contributed by atoms with E-state index in [0.29, 0.717) is 25.9 Å². The third kappa shape index (κ3) is 18.4. The summed E-state index contributed by atoms with van der Waals surface area (Å²) >= 11 is 0. The summed E-state index contributed by atoms with van der Waals surface area (Å²) in [5.74, 6) is -4.16. The van der Waals surface area contributed by atoms with E-state index >= 15 is 0 Å². The van der Waals surface area contributed by atoms with Crippen LogP contribution in [0.2, 0.25) is 0 Å². The molecule has 0 radical (unpaired) electrons. The maximum Gasteiger partial charge on any atom is 0.330 e. The molecule has 18 nitrogen and oxygen atoms in total. The number of guanidine groups is 2. The first-order valence-electron chi connectivity index (χ1n) is 11.1. The lowest BCUT2D eigenvalue weighted by molar-refractivity contribution is -0.162. The van der Waals surface area contributed by atoms with E-state index in [1.54, 1.807) is 0 Å². The van der Waals surface area contributed by atoms with Crippen LogP contribution in [-0.2, 0) is 28.7 Å². The predicted octanol–water partition coefficient (Wildman–Crippen LogP) is -5.11. The minimum Gasteiger partial charge on any atom is -0.480 e. The topological polar surface area (TPSA) is 355 Å². The first kappa shape index (κ1) is 35.6. The molecule has 0 rings (SSSR count).